The molecule has 0 aromatic carbocycles. The Bertz CT molecular complexity index is 302. The Morgan fingerprint density at radius 1 is 1.11 bits per heavy atom. The Labute approximate surface area is 118 Å². The highest BCUT2D eigenvalue weighted by atomic mass is 15.3. The molecule has 0 radical (unpaired) electrons. The van der Waals surface area contributed by atoms with Crippen LogP contribution in [-0.4, -0.2) is 48.6 Å². The van der Waals surface area contributed by atoms with E-state index >= 15 is 0 Å². The fraction of sp³-hybridized carbons (Fsp3) is 0.938. The fourth-order valence-corrected chi connectivity index (χ4v) is 3.79. The minimum atomic E-state index is 0.278. The first-order valence-electron chi connectivity index (χ1n) is 8.14. The second kappa shape index (κ2) is 7.26. The van der Waals surface area contributed by atoms with Gasteiger partial charge in [-0.25, -0.2) is 0 Å². The number of nitriles is 1. The molecule has 3 atom stereocenters. The molecule has 0 bridgehead atoms. The molecular formula is C16H29N3. The number of rotatable bonds is 4. The van der Waals surface area contributed by atoms with Crippen LogP contribution in [0.1, 0.15) is 46.0 Å². The van der Waals surface area contributed by atoms with Crippen LogP contribution >= 0.6 is 0 Å². The van der Waals surface area contributed by atoms with Gasteiger partial charge in [0, 0.05) is 32.2 Å². The van der Waals surface area contributed by atoms with Crippen LogP contribution in [0.4, 0.5) is 0 Å². The van der Waals surface area contributed by atoms with Gasteiger partial charge in [-0.1, -0.05) is 20.3 Å². The maximum absolute atomic E-state index is 9.40. The summed E-state index contributed by atoms with van der Waals surface area (Å²) in [4.78, 5) is 5.18. The summed E-state index contributed by atoms with van der Waals surface area (Å²) < 4.78 is 0. The van der Waals surface area contributed by atoms with Crippen LogP contribution in [-0.2, 0) is 0 Å². The molecule has 3 unspecified atom stereocenters. The van der Waals surface area contributed by atoms with Gasteiger partial charge in [0.1, 0.15) is 0 Å². The summed E-state index contributed by atoms with van der Waals surface area (Å²) >= 11 is 0. The van der Waals surface area contributed by atoms with Crippen molar-refractivity contribution < 1.29 is 0 Å². The van der Waals surface area contributed by atoms with Crippen molar-refractivity contribution in [2.75, 3.05) is 32.7 Å². The molecule has 0 aromatic rings. The van der Waals surface area contributed by atoms with Crippen molar-refractivity contribution in [2.24, 2.45) is 11.8 Å². The smallest absolute Gasteiger partial charge is 0.0672 e. The average Bonchev–Trinajstić information content (AvgIpc) is 2.47. The predicted octanol–water partition coefficient (Wildman–Crippen LogP) is 2.73. The number of piperazine rings is 1. The quantitative estimate of drug-likeness (QED) is 0.781. The zero-order valence-corrected chi connectivity index (χ0v) is 12.6. The maximum Gasteiger partial charge on any atom is 0.0672 e. The highest BCUT2D eigenvalue weighted by Crippen LogP contribution is 2.34. The summed E-state index contributed by atoms with van der Waals surface area (Å²) in [5, 5.41) is 9.40. The van der Waals surface area contributed by atoms with Crippen LogP contribution in [0.2, 0.25) is 0 Å². The Morgan fingerprint density at radius 3 is 2.42 bits per heavy atom. The standard InChI is InChI=1S/C16H29N3/c1-3-7-18-8-10-19(11-9-18)16-12-14(4-2)5-6-15(16)13-17/h14-16H,3-12H2,1-2H3. The van der Waals surface area contributed by atoms with E-state index in [1.165, 1.54) is 58.4 Å². The van der Waals surface area contributed by atoms with E-state index in [2.05, 4.69) is 29.7 Å². The van der Waals surface area contributed by atoms with Gasteiger partial charge in [-0.2, -0.15) is 5.26 Å². The normalized spacial score (nSPS) is 34.1. The Balaban J connectivity index is 1.90. The van der Waals surface area contributed by atoms with Crippen molar-refractivity contribution in [1.29, 1.82) is 5.26 Å². The Kier molecular flexibility index (Phi) is 5.66. The first-order chi connectivity index (χ1) is 9.28. The van der Waals surface area contributed by atoms with Crippen LogP contribution in [0, 0.1) is 23.2 Å². The summed E-state index contributed by atoms with van der Waals surface area (Å²) in [5.41, 5.74) is 0. The van der Waals surface area contributed by atoms with Crippen LogP contribution < -0.4 is 0 Å². The van der Waals surface area contributed by atoms with E-state index in [-0.39, 0.29) is 5.92 Å². The Morgan fingerprint density at radius 2 is 1.84 bits per heavy atom. The highest BCUT2D eigenvalue weighted by Gasteiger charge is 2.35. The van der Waals surface area contributed by atoms with Gasteiger partial charge in [0.25, 0.3) is 0 Å². The van der Waals surface area contributed by atoms with E-state index in [0.29, 0.717) is 6.04 Å². The third kappa shape index (κ3) is 3.70. The maximum atomic E-state index is 9.40. The molecule has 0 aromatic heterocycles. The minimum Gasteiger partial charge on any atom is -0.301 e. The zero-order chi connectivity index (χ0) is 13.7. The predicted molar refractivity (Wildman–Crippen MR) is 78.8 cm³/mol. The lowest BCUT2D eigenvalue weighted by Gasteiger charge is -2.44. The van der Waals surface area contributed by atoms with Crippen LogP contribution in [0.3, 0.4) is 0 Å². The molecule has 19 heavy (non-hydrogen) atoms. The second-order valence-electron chi connectivity index (χ2n) is 6.27. The van der Waals surface area contributed by atoms with E-state index in [1.54, 1.807) is 0 Å². The van der Waals surface area contributed by atoms with Crippen molar-refractivity contribution >= 4 is 0 Å². The SMILES string of the molecule is CCCN1CCN(C2CC(CC)CCC2C#N)CC1. The molecule has 0 N–H and O–H groups in total. The van der Waals surface area contributed by atoms with Crippen LogP contribution in [0.5, 0.6) is 0 Å². The molecule has 0 amide bonds. The molecule has 1 heterocycles. The van der Waals surface area contributed by atoms with E-state index < -0.39 is 0 Å². The summed E-state index contributed by atoms with van der Waals surface area (Å²) in [5.74, 6) is 1.13. The van der Waals surface area contributed by atoms with E-state index in [4.69, 9.17) is 0 Å². The molecule has 108 valence electrons. The number of hydrogen-bond acceptors (Lipinski definition) is 3. The van der Waals surface area contributed by atoms with Gasteiger partial charge in [-0.05, 0) is 38.1 Å². The van der Waals surface area contributed by atoms with Crippen molar-refractivity contribution in [3.63, 3.8) is 0 Å². The lowest BCUT2D eigenvalue weighted by Crippen LogP contribution is -2.53. The van der Waals surface area contributed by atoms with Crippen LogP contribution in [0.25, 0.3) is 0 Å². The minimum absolute atomic E-state index is 0.278. The molecule has 3 heteroatoms. The second-order valence-corrected chi connectivity index (χ2v) is 6.27. The van der Waals surface area contributed by atoms with Gasteiger partial charge in [0.2, 0.25) is 0 Å². The molecular weight excluding hydrogens is 234 g/mol. The largest absolute Gasteiger partial charge is 0.301 e. The van der Waals surface area contributed by atoms with Gasteiger partial charge in [0.05, 0.1) is 12.0 Å². The number of nitrogens with zero attached hydrogens (tertiary/aromatic N) is 3. The molecule has 1 saturated heterocycles. The summed E-state index contributed by atoms with van der Waals surface area (Å²) in [6, 6.07) is 3.11. The first-order valence-corrected chi connectivity index (χ1v) is 8.14. The monoisotopic (exact) mass is 263 g/mol. The zero-order valence-electron chi connectivity index (χ0n) is 12.6. The lowest BCUT2D eigenvalue weighted by molar-refractivity contribution is 0.0488. The summed E-state index contributed by atoms with van der Waals surface area (Å²) in [6.45, 7) is 10.5. The van der Waals surface area contributed by atoms with Crippen molar-refractivity contribution in [1.82, 2.24) is 9.80 Å². The van der Waals surface area contributed by atoms with Gasteiger partial charge >= 0.3 is 0 Å². The molecule has 3 nitrogen and oxygen atoms in total. The third-order valence-corrected chi connectivity index (χ3v) is 5.08. The fourth-order valence-electron chi connectivity index (χ4n) is 3.79. The molecule has 2 rings (SSSR count). The topological polar surface area (TPSA) is 30.3 Å². The van der Waals surface area contributed by atoms with Gasteiger partial charge in [-0.15, -0.1) is 0 Å². The van der Waals surface area contributed by atoms with E-state index in [0.717, 1.165) is 12.3 Å². The van der Waals surface area contributed by atoms with Gasteiger partial charge in [0.15, 0.2) is 0 Å². The molecule has 1 saturated carbocycles. The molecule has 2 fully saturated rings. The molecule has 1 aliphatic heterocycles. The van der Waals surface area contributed by atoms with Crippen molar-refractivity contribution in [3.05, 3.63) is 0 Å². The lowest BCUT2D eigenvalue weighted by atomic mass is 9.77. The average molecular weight is 263 g/mol. The molecule has 1 aliphatic carbocycles. The molecule has 2 aliphatic rings. The number of hydrogen-bond donors (Lipinski definition) is 0. The third-order valence-electron chi connectivity index (χ3n) is 5.08. The van der Waals surface area contributed by atoms with Gasteiger partial charge < -0.3 is 4.90 Å². The van der Waals surface area contributed by atoms with Crippen molar-refractivity contribution in [2.45, 2.75) is 52.0 Å². The van der Waals surface area contributed by atoms with E-state index in [9.17, 15) is 5.26 Å². The summed E-state index contributed by atoms with van der Waals surface area (Å²) in [7, 11) is 0. The van der Waals surface area contributed by atoms with E-state index in [1.807, 2.05) is 0 Å². The van der Waals surface area contributed by atoms with Gasteiger partial charge in [-0.3, -0.25) is 4.90 Å². The summed E-state index contributed by atoms with van der Waals surface area (Å²) in [6.07, 6.45) is 6.17. The van der Waals surface area contributed by atoms with Crippen molar-refractivity contribution in [3.8, 4) is 6.07 Å². The first kappa shape index (κ1) is 14.8. The Hall–Kier alpha value is -0.590. The van der Waals surface area contributed by atoms with Crippen LogP contribution in [0.15, 0.2) is 0 Å². The molecule has 0 spiro atoms. The highest BCUT2D eigenvalue weighted by molar-refractivity contribution is 4.98.